The Morgan fingerprint density at radius 2 is 1.61 bits per heavy atom. The maximum atomic E-state index is 8.34. The quantitative estimate of drug-likeness (QED) is 0.785. The largest absolute Gasteiger partial charge is 0.294 e. The van der Waals surface area contributed by atoms with E-state index in [0.717, 1.165) is 22.5 Å². The van der Waals surface area contributed by atoms with Gasteiger partial charge in [-0.3, -0.25) is 10.3 Å². The lowest BCUT2D eigenvalue weighted by Gasteiger charge is -2.19. The van der Waals surface area contributed by atoms with Crippen molar-refractivity contribution in [2.24, 2.45) is 0 Å². The molecule has 2 nitrogen and oxygen atoms in total. The van der Waals surface area contributed by atoms with Crippen LogP contribution in [0.3, 0.4) is 0 Å². The van der Waals surface area contributed by atoms with Crippen molar-refractivity contribution in [3.8, 4) is 0 Å². The SMILES string of the molecule is C/C=C1\C(=N)N(c2ccccc2)c2ccccc21. The Balaban J connectivity index is 2.21. The molecule has 2 heteroatoms. The Hall–Kier alpha value is -2.35. The lowest BCUT2D eigenvalue weighted by atomic mass is 10.1. The van der Waals surface area contributed by atoms with Crippen LogP contribution >= 0.6 is 0 Å². The summed E-state index contributed by atoms with van der Waals surface area (Å²) in [7, 11) is 0. The van der Waals surface area contributed by atoms with Gasteiger partial charge < -0.3 is 0 Å². The van der Waals surface area contributed by atoms with Crippen molar-refractivity contribution in [2.45, 2.75) is 6.92 Å². The van der Waals surface area contributed by atoms with Crippen molar-refractivity contribution in [3.05, 3.63) is 66.2 Å². The molecule has 0 radical (unpaired) electrons. The molecule has 2 aromatic rings. The molecule has 18 heavy (non-hydrogen) atoms. The molecule has 0 amide bonds. The first-order chi connectivity index (χ1) is 8.83. The Morgan fingerprint density at radius 1 is 0.944 bits per heavy atom. The van der Waals surface area contributed by atoms with Gasteiger partial charge in [-0.1, -0.05) is 42.5 Å². The van der Waals surface area contributed by atoms with Gasteiger partial charge in [0, 0.05) is 16.8 Å². The predicted molar refractivity (Wildman–Crippen MR) is 76.4 cm³/mol. The van der Waals surface area contributed by atoms with Gasteiger partial charge in [0.1, 0.15) is 5.84 Å². The van der Waals surface area contributed by atoms with Gasteiger partial charge in [-0.15, -0.1) is 0 Å². The minimum absolute atomic E-state index is 0.546. The zero-order valence-electron chi connectivity index (χ0n) is 10.2. The summed E-state index contributed by atoms with van der Waals surface area (Å²) in [6, 6.07) is 18.2. The topological polar surface area (TPSA) is 27.1 Å². The molecule has 1 heterocycles. The maximum Gasteiger partial charge on any atom is 0.137 e. The number of allylic oxidation sites excluding steroid dienone is 1. The zero-order chi connectivity index (χ0) is 12.5. The van der Waals surface area contributed by atoms with Crippen LogP contribution in [0.4, 0.5) is 11.4 Å². The van der Waals surface area contributed by atoms with E-state index in [4.69, 9.17) is 5.41 Å². The van der Waals surface area contributed by atoms with Crippen LogP contribution in [0.1, 0.15) is 12.5 Å². The second-order valence-corrected chi connectivity index (χ2v) is 4.24. The summed E-state index contributed by atoms with van der Waals surface area (Å²) in [6.07, 6.45) is 2.00. The summed E-state index contributed by atoms with van der Waals surface area (Å²) in [5, 5.41) is 8.34. The van der Waals surface area contributed by atoms with Crippen LogP contribution in [0.15, 0.2) is 60.7 Å². The van der Waals surface area contributed by atoms with Gasteiger partial charge >= 0.3 is 0 Å². The number of hydrogen-bond acceptors (Lipinski definition) is 1. The second-order valence-electron chi connectivity index (χ2n) is 4.24. The molecule has 0 spiro atoms. The molecule has 0 bridgehead atoms. The standard InChI is InChI=1S/C16H14N2/c1-2-13-14-10-6-7-11-15(14)18(16(13)17)12-8-4-3-5-9-12/h2-11,17H,1H3/b13-2-,17-16?. The molecule has 0 saturated heterocycles. The number of nitrogens with one attached hydrogen (secondary N) is 1. The molecule has 88 valence electrons. The van der Waals surface area contributed by atoms with E-state index in [9.17, 15) is 0 Å². The molecular weight excluding hydrogens is 220 g/mol. The van der Waals surface area contributed by atoms with Gasteiger partial charge in [-0.25, -0.2) is 0 Å². The number of benzene rings is 2. The average Bonchev–Trinajstić information content (AvgIpc) is 2.71. The molecule has 0 fully saturated rings. The van der Waals surface area contributed by atoms with Crippen LogP contribution < -0.4 is 4.90 Å². The van der Waals surface area contributed by atoms with E-state index in [1.54, 1.807) is 0 Å². The predicted octanol–water partition coefficient (Wildman–Crippen LogP) is 4.22. The molecule has 0 aliphatic carbocycles. The Kier molecular flexibility index (Phi) is 2.49. The number of fused-ring (bicyclic) bond motifs is 1. The van der Waals surface area contributed by atoms with Crippen molar-refractivity contribution in [1.82, 2.24) is 0 Å². The van der Waals surface area contributed by atoms with E-state index in [2.05, 4.69) is 12.1 Å². The number of amidine groups is 1. The van der Waals surface area contributed by atoms with Gasteiger partial charge in [0.05, 0.1) is 5.69 Å². The third-order valence-electron chi connectivity index (χ3n) is 3.22. The van der Waals surface area contributed by atoms with E-state index in [0.29, 0.717) is 5.84 Å². The van der Waals surface area contributed by atoms with Crippen molar-refractivity contribution < 1.29 is 0 Å². The summed E-state index contributed by atoms with van der Waals surface area (Å²) in [5.74, 6) is 0.546. The molecule has 2 aromatic carbocycles. The van der Waals surface area contributed by atoms with Crippen LogP contribution in [-0.2, 0) is 0 Å². The van der Waals surface area contributed by atoms with Crippen molar-refractivity contribution in [1.29, 1.82) is 5.41 Å². The monoisotopic (exact) mass is 234 g/mol. The zero-order valence-corrected chi connectivity index (χ0v) is 10.2. The smallest absolute Gasteiger partial charge is 0.137 e. The van der Waals surface area contributed by atoms with E-state index in [-0.39, 0.29) is 0 Å². The van der Waals surface area contributed by atoms with E-state index in [1.165, 1.54) is 0 Å². The fourth-order valence-corrected chi connectivity index (χ4v) is 2.40. The number of nitrogens with zero attached hydrogens (tertiary/aromatic N) is 1. The minimum atomic E-state index is 0.546. The minimum Gasteiger partial charge on any atom is -0.294 e. The lowest BCUT2D eigenvalue weighted by molar-refractivity contribution is 1.34. The lowest BCUT2D eigenvalue weighted by Crippen LogP contribution is -2.19. The summed E-state index contributed by atoms with van der Waals surface area (Å²) in [6.45, 7) is 1.98. The van der Waals surface area contributed by atoms with Crippen LogP contribution in [-0.4, -0.2) is 5.84 Å². The van der Waals surface area contributed by atoms with Crippen LogP contribution in [0.25, 0.3) is 5.57 Å². The normalized spacial score (nSPS) is 16.2. The van der Waals surface area contributed by atoms with E-state index in [1.807, 2.05) is 60.4 Å². The number of hydrogen-bond donors (Lipinski definition) is 1. The Bertz CT molecular complexity index is 627. The van der Waals surface area contributed by atoms with Crippen molar-refractivity contribution >= 4 is 22.8 Å². The summed E-state index contributed by atoms with van der Waals surface area (Å²) in [4.78, 5) is 1.99. The number of rotatable bonds is 1. The van der Waals surface area contributed by atoms with Crippen LogP contribution in [0, 0.1) is 5.41 Å². The maximum absolute atomic E-state index is 8.34. The molecule has 3 rings (SSSR count). The fourth-order valence-electron chi connectivity index (χ4n) is 2.40. The summed E-state index contributed by atoms with van der Waals surface area (Å²) >= 11 is 0. The van der Waals surface area contributed by atoms with Crippen molar-refractivity contribution in [3.63, 3.8) is 0 Å². The van der Waals surface area contributed by atoms with Crippen LogP contribution in [0.2, 0.25) is 0 Å². The second kappa shape index (κ2) is 4.15. The van der Waals surface area contributed by atoms with Gasteiger partial charge in [-0.2, -0.15) is 0 Å². The van der Waals surface area contributed by atoms with Gasteiger partial charge in [0.25, 0.3) is 0 Å². The number of para-hydroxylation sites is 2. The average molecular weight is 234 g/mol. The van der Waals surface area contributed by atoms with Crippen LogP contribution in [0.5, 0.6) is 0 Å². The Labute approximate surface area is 107 Å². The third kappa shape index (κ3) is 1.46. The first kappa shape index (κ1) is 10.8. The fraction of sp³-hybridized carbons (Fsp3) is 0.0625. The first-order valence-electron chi connectivity index (χ1n) is 6.02. The molecular formula is C16H14N2. The van der Waals surface area contributed by atoms with E-state index >= 15 is 0 Å². The molecule has 1 aliphatic rings. The van der Waals surface area contributed by atoms with E-state index < -0.39 is 0 Å². The summed E-state index contributed by atoms with van der Waals surface area (Å²) in [5.41, 5.74) is 4.25. The highest BCUT2D eigenvalue weighted by Crippen LogP contribution is 2.41. The van der Waals surface area contributed by atoms with Gasteiger partial charge in [0.2, 0.25) is 0 Å². The first-order valence-corrected chi connectivity index (χ1v) is 6.02. The Morgan fingerprint density at radius 3 is 2.33 bits per heavy atom. The highest BCUT2D eigenvalue weighted by molar-refractivity contribution is 6.36. The third-order valence-corrected chi connectivity index (χ3v) is 3.22. The molecule has 1 aliphatic heterocycles. The highest BCUT2D eigenvalue weighted by atomic mass is 15.2. The molecule has 1 N–H and O–H groups in total. The molecule has 0 atom stereocenters. The van der Waals surface area contributed by atoms with Crippen molar-refractivity contribution in [2.75, 3.05) is 4.90 Å². The highest BCUT2D eigenvalue weighted by Gasteiger charge is 2.29. The van der Waals surface area contributed by atoms with Gasteiger partial charge in [0.15, 0.2) is 0 Å². The van der Waals surface area contributed by atoms with Gasteiger partial charge in [-0.05, 0) is 25.1 Å². The number of anilines is 2. The molecule has 0 saturated carbocycles. The molecule has 0 aromatic heterocycles. The molecule has 0 unspecified atom stereocenters. The summed E-state index contributed by atoms with van der Waals surface area (Å²) < 4.78 is 0.